The molecule has 6 heteroatoms. The van der Waals surface area contributed by atoms with Crippen molar-refractivity contribution in [1.82, 2.24) is 10.2 Å². The Morgan fingerprint density at radius 1 is 1.23 bits per heavy atom. The average Bonchev–Trinajstić information content (AvgIpc) is 2.99. The highest BCUT2D eigenvalue weighted by atomic mass is 16.5. The van der Waals surface area contributed by atoms with Gasteiger partial charge in [-0.05, 0) is 32.1 Å². The molecule has 6 nitrogen and oxygen atoms in total. The quantitative estimate of drug-likeness (QED) is 0.768. The Labute approximate surface area is 132 Å². The lowest BCUT2D eigenvalue weighted by atomic mass is 9.99. The number of methoxy groups -OCH3 is 1. The van der Waals surface area contributed by atoms with E-state index in [1.807, 2.05) is 4.90 Å². The Hall–Kier alpha value is -1.14. The van der Waals surface area contributed by atoms with Crippen LogP contribution in [-0.4, -0.2) is 62.8 Å². The van der Waals surface area contributed by atoms with Crippen molar-refractivity contribution in [2.45, 2.75) is 44.6 Å². The molecule has 126 valence electrons. The maximum absolute atomic E-state index is 12.5. The van der Waals surface area contributed by atoms with Crippen molar-refractivity contribution in [3.8, 4) is 0 Å². The van der Waals surface area contributed by atoms with E-state index in [0.717, 1.165) is 51.6 Å². The van der Waals surface area contributed by atoms with Crippen LogP contribution in [0.25, 0.3) is 0 Å². The van der Waals surface area contributed by atoms with Crippen molar-refractivity contribution in [3.05, 3.63) is 0 Å². The van der Waals surface area contributed by atoms with Gasteiger partial charge in [-0.15, -0.1) is 0 Å². The molecule has 2 unspecified atom stereocenters. The third-order valence-electron chi connectivity index (χ3n) is 4.57. The van der Waals surface area contributed by atoms with Crippen molar-refractivity contribution >= 4 is 11.8 Å². The third kappa shape index (κ3) is 4.68. The molecule has 22 heavy (non-hydrogen) atoms. The Kier molecular flexibility index (Phi) is 7.12. The zero-order valence-corrected chi connectivity index (χ0v) is 13.5. The van der Waals surface area contributed by atoms with E-state index in [4.69, 9.17) is 9.47 Å². The van der Waals surface area contributed by atoms with Gasteiger partial charge in [0.2, 0.25) is 11.8 Å². The number of amides is 2. The fraction of sp³-hybridized carbons (Fsp3) is 0.875. The second-order valence-electron chi connectivity index (χ2n) is 6.09. The first kappa shape index (κ1) is 17.2. The van der Waals surface area contributed by atoms with Gasteiger partial charge in [0, 0.05) is 26.2 Å². The molecular formula is C16H28N2O4. The normalized spacial score (nSPS) is 26.4. The summed E-state index contributed by atoms with van der Waals surface area (Å²) in [5.41, 5.74) is 0. The molecule has 0 aromatic heterocycles. The predicted octanol–water partition coefficient (Wildman–Crippen LogP) is 0.947. The van der Waals surface area contributed by atoms with E-state index in [9.17, 15) is 9.59 Å². The van der Waals surface area contributed by atoms with Crippen LogP contribution in [-0.2, 0) is 19.1 Å². The van der Waals surface area contributed by atoms with Crippen molar-refractivity contribution < 1.29 is 19.1 Å². The summed E-state index contributed by atoms with van der Waals surface area (Å²) >= 11 is 0. The number of hydrogen-bond donors (Lipinski definition) is 1. The number of rotatable bonds is 5. The largest absolute Gasteiger partial charge is 0.382 e. The monoisotopic (exact) mass is 312 g/mol. The molecule has 2 rings (SSSR count). The second-order valence-corrected chi connectivity index (χ2v) is 6.09. The summed E-state index contributed by atoms with van der Waals surface area (Å²) in [6.45, 7) is 2.48. The van der Waals surface area contributed by atoms with Gasteiger partial charge >= 0.3 is 0 Å². The Morgan fingerprint density at radius 3 is 2.91 bits per heavy atom. The SMILES string of the molecule is COCCOCC(=O)N1CCCCCNC(=O)C2CCCC21. The van der Waals surface area contributed by atoms with Crippen LogP contribution in [0.5, 0.6) is 0 Å². The highest BCUT2D eigenvalue weighted by Gasteiger charge is 2.38. The zero-order valence-electron chi connectivity index (χ0n) is 13.5. The van der Waals surface area contributed by atoms with Gasteiger partial charge in [-0.1, -0.05) is 6.42 Å². The maximum Gasteiger partial charge on any atom is 0.248 e. The predicted molar refractivity (Wildman–Crippen MR) is 82.4 cm³/mol. The molecule has 1 aliphatic heterocycles. The molecule has 1 aliphatic carbocycles. The molecule has 0 bridgehead atoms. The number of carbonyl (C=O) groups excluding carboxylic acids is 2. The van der Waals surface area contributed by atoms with Gasteiger partial charge in [0.05, 0.1) is 19.1 Å². The van der Waals surface area contributed by atoms with E-state index in [-0.39, 0.29) is 30.4 Å². The summed E-state index contributed by atoms with van der Waals surface area (Å²) in [7, 11) is 1.61. The summed E-state index contributed by atoms with van der Waals surface area (Å²) in [6, 6.07) is 0.0385. The summed E-state index contributed by atoms with van der Waals surface area (Å²) in [6.07, 6.45) is 5.81. The highest BCUT2D eigenvalue weighted by molar-refractivity contribution is 5.82. The van der Waals surface area contributed by atoms with Crippen LogP contribution >= 0.6 is 0 Å². The molecule has 0 aromatic rings. The molecule has 2 aliphatic rings. The van der Waals surface area contributed by atoms with Gasteiger partial charge in [0.25, 0.3) is 0 Å². The first-order valence-corrected chi connectivity index (χ1v) is 8.38. The van der Waals surface area contributed by atoms with Crippen LogP contribution in [0.1, 0.15) is 38.5 Å². The molecule has 2 amide bonds. The average molecular weight is 312 g/mol. The Morgan fingerprint density at radius 2 is 2.09 bits per heavy atom. The summed E-state index contributed by atoms with van der Waals surface area (Å²) in [5.74, 6) is 0.0601. The number of nitrogens with zero attached hydrogens (tertiary/aromatic N) is 1. The van der Waals surface area contributed by atoms with E-state index in [1.165, 1.54) is 0 Å². The smallest absolute Gasteiger partial charge is 0.248 e. The lowest BCUT2D eigenvalue weighted by Crippen LogP contribution is -2.49. The number of carbonyl (C=O) groups is 2. The molecule has 1 heterocycles. The number of hydrogen-bond acceptors (Lipinski definition) is 4. The molecule has 1 saturated carbocycles. The van der Waals surface area contributed by atoms with Crippen LogP contribution in [0.4, 0.5) is 0 Å². The van der Waals surface area contributed by atoms with Crippen LogP contribution in [0.2, 0.25) is 0 Å². The second kappa shape index (κ2) is 9.10. The van der Waals surface area contributed by atoms with E-state index in [2.05, 4.69) is 5.32 Å². The summed E-state index contributed by atoms with van der Waals surface area (Å²) in [5, 5.41) is 3.02. The number of fused-ring (bicyclic) bond motifs is 1. The zero-order chi connectivity index (χ0) is 15.8. The van der Waals surface area contributed by atoms with Crippen LogP contribution in [0.15, 0.2) is 0 Å². The van der Waals surface area contributed by atoms with Gasteiger partial charge in [0.1, 0.15) is 6.61 Å². The van der Waals surface area contributed by atoms with Gasteiger partial charge in [-0.25, -0.2) is 0 Å². The van der Waals surface area contributed by atoms with E-state index < -0.39 is 0 Å². The van der Waals surface area contributed by atoms with Crippen LogP contribution in [0, 0.1) is 5.92 Å². The van der Waals surface area contributed by atoms with E-state index in [0.29, 0.717) is 13.2 Å². The van der Waals surface area contributed by atoms with Crippen molar-refractivity contribution in [2.75, 3.05) is 40.0 Å². The van der Waals surface area contributed by atoms with Crippen molar-refractivity contribution in [3.63, 3.8) is 0 Å². The molecule has 1 N–H and O–H groups in total. The van der Waals surface area contributed by atoms with Crippen LogP contribution < -0.4 is 5.32 Å². The van der Waals surface area contributed by atoms with Crippen LogP contribution in [0.3, 0.4) is 0 Å². The topological polar surface area (TPSA) is 67.9 Å². The molecule has 2 fully saturated rings. The minimum atomic E-state index is -0.0546. The van der Waals surface area contributed by atoms with Gasteiger partial charge in [0.15, 0.2) is 0 Å². The Bertz CT molecular complexity index is 375. The summed E-state index contributed by atoms with van der Waals surface area (Å²) in [4.78, 5) is 26.7. The van der Waals surface area contributed by atoms with Gasteiger partial charge < -0.3 is 19.7 Å². The molecule has 0 radical (unpaired) electrons. The minimum Gasteiger partial charge on any atom is -0.382 e. The Balaban J connectivity index is 1.97. The number of ether oxygens (including phenoxy) is 2. The lowest BCUT2D eigenvalue weighted by molar-refractivity contribution is -0.141. The van der Waals surface area contributed by atoms with Crippen molar-refractivity contribution in [2.24, 2.45) is 5.92 Å². The fourth-order valence-corrected chi connectivity index (χ4v) is 3.41. The first-order chi connectivity index (χ1) is 10.7. The standard InChI is InChI=1S/C16H28N2O4/c1-21-10-11-22-12-15(19)18-9-4-2-3-8-17-16(20)13-6-5-7-14(13)18/h13-14H,2-12H2,1H3,(H,17,20). The molecule has 1 saturated heterocycles. The molecule has 0 aromatic carbocycles. The summed E-state index contributed by atoms with van der Waals surface area (Å²) < 4.78 is 10.3. The fourth-order valence-electron chi connectivity index (χ4n) is 3.41. The van der Waals surface area contributed by atoms with Crippen molar-refractivity contribution in [1.29, 1.82) is 0 Å². The minimum absolute atomic E-state index is 0.00127. The van der Waals surface area contributed by atoms with Gasteiger partial charge in [-0.3, -0.25) is 9.59 Å². The third-order valence-corrected chi connectivity index (χ3v) is 4.57. The van der Waals surface area contributed by atoms with Gasteiger partial charge in [-0.2, -0.15) is 0 Å². The maximum atomic E-state index is 12.5. The van der Waals surface area contributed by atoms with E-state index in [1.54, 1.807) is 7.11 Å². The molecule has 2 atom stereocenters. The lowest BCUT2D eigenvalue weighted by Gasteiger charge is -2.33. The molecule has 0 spiro atoms. The van der Waals surface area contributed by atoms with E-state index >= 15 is 0 Å². The number of nitrogens with one attached hydrogen (secondary N) is 1. The first-order valence-electron chi connectivity index (χ1n) is 8.38. The molecular weight excluding hydrogens is 284 g/mol. The highest BCUT2D eigenvalue weighted by Crippen LogP contribution is 2.31.